The first-order valence-corrected chi connectivity index (χ1v) is 7.37. The third kappa shape index (κ3) is 3.10. The van der Waals surface area contributed by atoms with Crippen molar-refractivity contribution in [2.75, 3.05) is 5.32 Å². The van der Waals surface area contributed by atoms with Crippen LogP contribution >= 0.6 is 0 Å². The van der Waals surface area contributed by atoms with Crippen molar-refractivity contribution >= 4 is 28.6 Å². The minimum atomic E-state index is -1.01. The highest BCUT2D eigenvalue weighted by Crippen LogP contribution is 2.17. The molecule has 0 radical (unpaired) electrons. The van der Waals surface area contributed by atoms with E-state index in [2.05, 4.69) is 15.6 Å². The number of fused-ring (bicyclic) bond motifs is 1. The minimum Gasteiger partial charge on any atom is -0.478 e. The zero-order valence-electron chi connectivity index (χ0n) is 13.3. The number of aryl methyl sites for hydroxylation is 2. The number of anilines is 1. The van der Waals surface area contributed by atoms with Gasteiger partial charge in [-0.1, -0.05) is 5.21 Å². The molecular weight excluding hydrogens is 308 g/mol. The zero-order chi connectivity index (χ0) is 17.3. The van der Waals surface area contributed by atoms with Crippen LogP contribution in [-0.2, 0) is 11.3 Å². The Labute approximate surface area is 137 Å². The number of carbonyl (C=O) groups is 2. The van der Waals surface area contributed by atoms with Crippen LogP contribution in [0.3, 0.4) is 0 Å². The molecule has 0 saturated carbocycles. The van der Waals surface area contributed by atoms with Gasteiger partial charge in [0.2, 0.25) is 5.91 Å². The van der Waals surface area contributed by atoms with Gasteiger partial charge in [-0.25, -0.2) is 9.48 Å². The summed E-state index contributed by atoms with van der Waals surface area (Å²) in [5.74, 6) is -1.27. The van der Waals surface area contributed by atoms with Gasteiger partial charge in [0.1, 0.15) is 12.1 Å². The Morgan fingerprint density at radius 1 is 1.12 bits per heavy atom. The van der Waals surface area contributed by atoms with Gasteiger partial charge in [0.15, 0.2) is 0 Å². The second-order valence-corrected chi connectivity index (χ2v) is 5.60. The SMILES string of the molecule is Cc1cc2nnn(CC(=O)Nc3ccc(C(=O)O)cc3)c2cc1C. The first-order valence-electron chi connectivity index (χ1n) is 7.37. The molecule has 24 heavy (non-hydrogen) atoms. The molecule has 3 rings (SSSR count). The standard InChI is InChI=1S/C17H16N4O3/c1-10-7-14-15(8-11(10)2)21(20-19-14)9-16(22)18-13-5-3-12(4-6-13)17(23)24/h3-8H,9H2,1-2H3,(H,18,22)(H,23,24). The summed E-state index contributed by atoms with van der Waals surface area (Å²) in [4.78, 5) is 23.0. The maximum absolute atomic E-state index is 12.2. The number of rotatable bonds is 4. The molecule has 0 aliphatic rings. The van der Waals surface area contributed by atoms with Crippen molar-refractivity contribution in [3.05, 3.63) is 53.1 Å². The first kappa shape index (κ1) is 15.7. The average Bonchev–Trinajstić information content (AvgIpc) is 2.90. The fourth-order valence-electron chi connectivity index (χ4n) is 2.37. The van der Waals surface area contributed by atoms with Gasteiger partial charge in [-0.3, -0.25) is 4.79 Å². The molecule has 0 aliphatic heterocycles. The lowest BCUT2D eigenvalue weighted by atomic mass is 10.1. The zero-order valence-corrected chi connectivity index (χ0v) is 13.3. The number of carboxylic acid groups (broad SMARTS) is 1. The molecule has 2 aromatic carbocycles. The molecule has 0 atom stereocenters. The molecule has 0 unspecified atom stereocenters. The normalized spacial score (nSPS) is 10.8. The highest BCUT2D eigenvalue weighted by Gasteiger charge is 2.11. The summed E-state index contributed by atoms with van der Waals surface area (Å²) in [5.41, 5.74) is 4.47. The van der Waals surface area contributed by atoms with Gasteiger partial charge < -0.3 is 10.4 Å². The van der Waals surface area contributed by atoms with E-state index >= 15 is 0 Å². The van der Waals surface area contributed by atoms with Crippen LogP contribution in [0.15, 0.2) is 36.4 Å². The fourth-order valence-corrected chi connectivity index (χ4v) is 2.37. The number of hydrogen-bond acceptors (Lipinski definition) is 4. The molecular formula is C17H16N4O3. The molecule has 7 heteroatoms. The van der Waals surface area contributed by atoms with E-state index in [1.165, 1.54) is 12.1 Å². The Morgan fingerprint density at radius 3 is 2.46 bits per heavy atom. The molecule has 1 aromatic heterocycles. The van der Waals surface area contributed by atoms with Crippen molar-refractivity contribution in [3.63, 3.8) is 0 Å². The van der Waals surface area contributed by atoms with Crippen molar-refractivity contribution in [2.45, 2.75) is 20.4 Å². The number of aromatic nitrogens is 3. The van der Waals surface area contributed by atoms with Crippen LogP contribution < -0.4 is 5.32 Å². The Morgan fingerprint density at radius 2 is 1.79 bits per heavy atom. The summed E-state index contributed by atoms with van der Waals surface area (Å²) in [6, 6.07) is 9.88. The molecule has 0 saturated heterocycles. The number of carbonyl (C=O) groups excluding carboxylic acids is 1. The quantitative estimate of drug-likeness (QED) is 0.768. The van der Waals surface area contributed by atoms with Crippen molar-refractivity contribution < 1.29 is 14.7 Å². The van der Waals surface area contributed by atoms with E-state index < -0.39 is 5.97 Å². The van der Waals surface area contributed by atoms with E-state index in [1.54, 1.807) is 16.8 Å². The van der Waals surface area contributed by atoms with Crippen LogP contribution in [0.5, 0.6) is 0 Å². The fraction of sp³-hybridized carbons (Fsp3) is 0.176. The van der Waals surface area contributed by atoms with Crippen LogP contribution in [0.25, 0.3) is 11.0 Å². The lowest BCUT2D eigenvalue weighted by Crippen LogP contribution is -2.19. The van der Waals surface area contributed by atoms with Gasteiger partial charge in [-0.05, 0) is 61.4 Å². The molecule has 122 valence electrons. The highest BCUT2D eigenvalue weighted by molar-refractivity contribution is 5.93. The third-order valence-corrected chi connectivity index (χ3v) is 3.84. The van der Waals surface area contributed by atoms with Gasteiger partial charge in [0, 0.05) is 5.69 Å². The molecule has 2 N–H and O–H groups in total. The van der Waals surface area contributed by atoms with Crippen LogP contribution in [-0.4, -0.2) is 32.0 Å². The maximum atomic E-state index is 12.2. The number of nitrogens with one attached hydrogen (secondary N) is 1. The predicted molar refractivity (Wildman–Crippen MR) is 89.0 cm³/mol. The molecule has 1 heterocycles. The summed E-state index contributed by atoms with van der Waals surface area (Å²) in [6.07, 6.45) is 0. The van der Waals surface area contributed by atoms with Gasteiger partial charge >= 0.3 is 5.97 Å². The Hall–Kier alpha value is -3.22. The van der Waals surface area contributed by atoms with Gasteiger partial charge in [0.05, 0.1) is 11.1 Å². The molecule has 0 spiro atoms. The lowest BCUT2D eigenvalue weighted by Gasteiger charge is -2.07. The van der Waals surface area contributed by atoms with Crippen LogP contribution in [0.1, 0.15) is 21.5 Å². The van der Waals surface area contributed by atoms with Crippen molar-refractivity contribution in [1.82, 2.24) is 15.0 Å². The predicted octanol–water partition coefficient (Wildman–Crippen LogP) is 2.39. The van der Waals surface area contributed by atoms with Crippen LogP contribution in [0, 0.1) is 13.8 Å². The van der Waals surface area contributed by atoms with E-state index in [0.717, 1.165) is 22.2 Å². The lowest BCUT2D eigenvalue weighted by molar-refractivity contribution is -0.116. The third-order valence-electron chi connectivity index (χ3n) is 3.84. The van der Waals surface area contributed by atoms with Gasteiger partial charge in [-0.2, -0.15) is 0 Å². The smallest absolute Gasteiger partial charge is 0.335 e. The molecule has 3 aromatic rings. The van der Waals surface area contributed by atoms with Crippen molar-refractivity contribution in [2.24, 2.45) is 0 Å². The minimum absolute atomic E-state index is 0.0275. The van der Waals surface area contributed by atoms with E-state index in [9.17, 15) is 9.59 Å². The maximum Gasteiger partial charge on any atom is 0.335 e. The Balaban J connectivity index is 1.75. The van der Waals surface area contributed by atoms with E-state index in [-0.39, 0.29) is 18.0 Å². The number of amides is 1. The summed E-state index contributed by atoms with van der Waals surface area (Å²) in [6.45, 7) is 4.02. The number of hydrogen-bond donors (Lipinski definition) is 2. The number of carboxylic acids is 1. The molecule has 0 bridgehead atoms. The first-order chi connectivity index (χ1) is 11.4. The molecule has 7 nitrogen and oxygen atoms in total. The largest absolute Gasteiger partial charge is 0.478 e. The molecule has 0 fully saturated rings. The average molecular weight is 324 g/mol. The Kier molecular flexibility index (Phi) is 3.99. The summed E-state index contributed by atoms with van der Waals surface area (Å²) in [5, 5.41) is 19.7. The Bertz CT molecular complexity index is 929. The van der Waals surface area contributed by atoms with Crippen LogP contribution in [0.2, 0.25) is 0 Å². The van der Waals surface area contributed by atoms with E-state index in [4.69, 9.17) is 5.11 Å². The second-order valence-electron chi connectivity index (χ2n) is 5.60. The summed E-state index contributed by atoms with van der Waals surface area (Å²) < 4.78 is 1.54. The topological polar surface area (TPSA) is 97.1 Å². The van der Waals surface area contributed by atoms with E-state index in [0.29, 0.717) is 5.69 Å². The number of nitrogens with zero attached hydrogens (tertiary/aromatic N) is 3. The second kappa shape index (κ2) is 6.11. The van der Waals surface area contributed by atoms with Crippen molar-refractivity contribution in [1.29, 1.82) is 0 Å². The van der Waals surface area contributed by atoms with E-state index in [1.807, 2.05) is 26.0 Å². The van der Waals surface area contributed by atoms with Crippen LogP contribution in [0.4, 0.5) is 5.69 Å². The van der Waals surface area contributed by atoms with Gasteiger partial charge in [-0.15, -0.1) is 5.10 Å². The molecule has 1 amide bonds. The number of benzene rings is 2. The number of aromatic carboxylic acids is 1. The summed E-state index contributed by atoms with van der Waals surface area (Å²) >= 11 is 0. The van der Waals surface area contributed by atoms with Crippen molar-refractivity contribution in [3.8, 4) is 0 Å². The summed E-state index contributed by atoms with van der Waals surface area (Å²) in [7, 11) is 0. The van der Waals surface area contributed by atoms with Gasteiger partial charge in [0.25, 0.3) is 0 Å². The molecule has 0 aliphatic carbocycles. The highest BCUT2D eigenvalue weighted by atomic mass is 16.4. The monoisotopic (exact) mass is 324 g/mol.